The molecule has 138 valence electrons. The largest absolute Gasteiger partial charge is 0.496 e. The molecule has 2 N–H and O–H groups in total. The minimum absolute atomic E-state index is 0.0878. The summed E-state index contributed by atoms with van der Waals surface area (Å²) in [5, 5.41) is 5.57. The minimum Gasteiger partial charge on any atom is -0.496 e. The van der Waals surface area contributed by atoms with Crippen molar-refractivity contribution in [3.63, 3.8) is 0 Å². The zero-order chi connectivity index (χ0) is 19.2. The van der Waals surface area contributed by atoms with Gasteiger partial charge in [0, 0.05) is 24.4 Å². The van der Waals surface area contributed by atoms with E-state index in [-0.39, 0.29) is 18.1 Å². The zero-order valence-corrected chi connectivity index (χ0v) is 14.5. The predicted molar refractivity (Wildman–Crippen MR) is 98.0 cm³/mol. The molecule has 7 heteroatoms. The third kappa shape index (κ3) is 4.58. The van der Waals surface area contributed by atoms with Gasteiger partial charge < -0.3 is 15.4 Å². The van der Waals surface area contributed by atoms with E-state index in [9.17, 15) is 13.6 Å². The van der Waals surface area contributed by atoms with Crippen molar-refractivity contribution < 1.29 is 18.3 Å². The Morgan fingerprint density at radius 1 is 1.11 bits per heavy atom. The lowest BCUT2D eigenvalue weighted by molar-refractivity contribution is 0.0950. The number of nitrogens with zero attached hydrogens (tertiary/aromatic N) is 1. The molecule has 0 saturated heterocycles. The number of para-hydroxylation sites is 1. The second-order valence-corrected chi connectivity index (χ2v) is 5.71. The number of carbonyl (C=O) groups excluding carboxylic acids is 1. The number of benzene rings is 2. The summed E-state index contributed by atoms with van der Waals surface area (Å²) in [4.78, 5) is 16.4. The summed E-state index contributed by atoms with van der Waals surface area (Å²) in [6.07, 6.45) is 2.85. The number of ether oxygens (including phenoxy) is 1. The van der Waals surface area contributed by atoms with Crippen LogP contribution in [0.1, 0.15) is 15.9 Å². The van der Waals surface area contributed by atoms with Crippen molar-refractivity contribution in [3.05, 3.63) is 83.7 Å². The van der Waals surface area contributed by atoms with Crippen molar-refractivity contribution in [2.45, 2.75) is 6.54 Å². The molecule has 27 heavy (non-hydrogen) atoms. The van der Waals surface area contributed by atoms with Gasteiger partial charge in [-0.2, -0.15) is 0 Å². The van der Waals surface area contributed by atoms with Gasteiger partial charge in [0.1, 0.15) is 17.4 Å². The Hall–Kier alpha value is -3.48. The Labute approximate surface area is 155 Å². The van der Waals surface area contributed by atoms with Crippen LogP contribution in [0.2, 0.25) is 0 Å². The van der Waals surface area contributed by atoms with E-state index in [0.717, 1.165) is 17.7 Å². The van der Waals surface area contributed by atoms with E-state index in [1.165, 1.54) is 24.5 Å². The molecule has 1 heterocycles. The van der Waals surface area contributed by atoms with Gasteiger partial charge in [-0.1, -0.05) is 18.2 Å². The molecule has 5 nitrogen and oxygen atoms in total. The normalized spacial score (nSPS) is 10.3. The monoisotopic (exact) mass is 369 g/mol. The fraction of sp³-hybridized carbons (Fsp3) is 0.100. The van der Waals surface area contributed by atoms with Crippen molar-refractivity contribution in [3.8, 4) is 5.75 Å². The van der Waals surface area contributed by atoms with Crippen molar-refractivity contribution >= 4 is 17.3 Å². The number of rotatable bonds is 6. The highest BCUT2D eigenvalue weighted by Gasteiger charge is 2.10. The van der Waals surface area contributed by atoms with Gasteiger partial charge in [-0.05, 0) is 24.3 Å². The number of hydrogen-bond donors (Lipinski definition) is 2. The average Bonchev–Trinajstić information content (AvgIpc) is 2.68. The van der Waals surface area contributed by atoms with E-state index in [0.29, 0.717) is 17.0 Å². The van der Waals surface area contributed by atoms with Gasteiger partial charge in [-0.25, -0.2) is 8.78 Å². The molecule has 3 rings (SSSR count). The first-order valence-electron chi connectivity index (χ1n) is 8.14. The Kier molecular flexibility index (Phi) is 5.61. The zero-order valence-electron chi connectivity index (χ0n) is 14.5. The third-order valence-electron chi connectivity index (χ3n) is 3.84. The fourth-order valence-electron chi connectivity index (χ4n) is 2.51. The van der Waals surface area contributed by atoms with E-state index >= 15 is 0 Å². The van der Waals surface area contributed by atoms with Gasteiger partial charge in [0.15, 0.2) is 0 Å². The highest BCUT2D eigenvalue weighted by molar-refractivity contribution is 5.94. The van der Waals surface area contributed by atoms with Gasteiger partial charge in [0.2, 0.25) is 0 Å². The molecular formula is C20H17F2N3O2. The van der Waals surface area contributed by atoms with Crippen LogP contribution in [0.3, 0.4) is 0 Å². The topological polar surface area (TPSA) is 63.2 Å². The van der Waals surface area contributed by atoms with E-state index in [1.54, 1.807) is 7.11 Å². The number of hydrogen-bond acceptors (Lipinski definition) is 4. The van der Waals surface area contributed by atoms with Crippen molar-refractivity contribution in [2.75, 3.05) is 12.4 Å². The molecule has 0 unspecified atom stereocenters. The first-order chi connectivity index (χ1) is 13.1. The molecular weight excluding hydrogens is 352 g/mol. The number of carbonyl (C=O) groups is 1. The number of methoxy groups -OCH3 is 1. The molecule has 0 spiro atoms. The van der Waals surface area contributed by atoms with Gasteiger partial charge in [0.25, 0.3) is 5.91 Å². The van der Waals surface area contributed by atoms with Gasteiger partial charge in [-0.3, -0.25) is 9.78 Å². The van der Waals surface area contributed by atoms with Crippen molar-refractivity contribution in [1.29, 1.82) is 0 Å². The minimum atomic E-state index is -0.735. The number of halogens is 2. The second kappa shape index (κ2) is 8.27. The molecule has 0 fully saturated rings. The summed E-state index contributed by atoms with van der Waals surface area (Å²) < 4.78 is 32.0. The highest BCUT2D eigenvalue weighted by Crippen LogP contribution is 2.21. The predicted octanol–water partition coefficient (Wildman–Crippen LogP) is 4.04. The summed E-state index contributed by atoms with van der Waals surface area (Å²) in [5.41, 5.74) is 1.64. The Morgan fingerprint density at radius 2 is 1.93 bits per heavy atom. The Bertz CT molecular complexity index is 963. The maximum Gasteiger partial charge on any atom is 0.253 e. The third-order valence-corrected chi connectivity index (χ3v) is 3.84. The van der Waals surface area contributed by atoms with Crippen LogP contribution in [0.5, 0.6) is 5.75 Å². The lowest BCUT2D eigenvalue weighted by Crippen LogP contribution is -2.23. The maximum absolute atomic E-state index is 13.8. The summed E-state index contributed by atoms with van der Waals surface area (Å²) in [5.74, 6) is -1.06. The van der Waals surface area contributed by atoms with Crippen LogP contribution >= 0.6 is 0 Å². The fourth-order valence-corrected chi connectivity index (χ4v) is 2.51. The second-order valence-electron chi connectivity index (χ2n) is 5.71. The molecule has 0 radical (unpaired) electrons. The van der Waals surface area contributed by atoms with Crippen LogP contribution in [0, 0.1) is 11.6 Å². The number of amides is 1. The average molecular weight is 369 g/mol. The van der Waals surface area contributed by atoms with Crippen LogP contribution in [-0.2, 0) is 6.54 Å². The first-order valence-corrected chi connectivity index (χ1v) is 8.14. The van der Waals surface area contributed by atoms with Crippen LogP contribution in [0.25, 0.3) is 0 Å². The highest BCUT2D eigenvalue weighted by atomic mass is 19.1. The molecule has 1 aromatic heterocycles. The molecule has 3 aromatic rings. The molecule has 0 atom stereocenters. The molecule has 0 aliphatic carbocycles. The number of nitrogens with one attached hydrogen (secondary N) is 2. The molecule has 1 amide bonds. The van der Waals surface area contributed by atoms with Crippen LogP contribution < -0.4 is 15.4 Å². The Morgan fingerprint density at radius 3 is 2.70 bits per heavy atom. The maximum atomic E-state index is 13.8. The summed E-state index contributed by atoms with van der Waals surface area (Å²) in [7, 11) is 1.56. The van der Waals surface area contributed by atoms with E-state index in [1.807, 2.05) is 24.3 Å². The van der Waals surface area contributed by atoms with Crippen molar-refractivity contribution in [2.24, 2.45) is 0 Å². The van der Waals surface area contributed by atoms with Crippen molar-refractivity contribution in [1.82, 2.24) is 10.3 Å². The van der Waals surface area contributed by atoms with E-state index < -0.39 is 11.6 Å². The lowest BCUT2D eigenvalue weighted by Gasteiger charge is -2.11. The van der Waals surface area contributed by atoms with Gasteiger partial charge in [-0.15, -0.1) is 0 Å². The molecule has 0 bridgehead atoms. The molecule has 0 aliphatic heterocycles. The lowest BCUT2D eigenvalue weighted by atomic mass is 10.2. The quantitative estimate of drug-likeness (QED) is 0.688. The molecule has 0 saturated carbocycles. The van der Waals surface area contributed by atoms with E-state index in [2.05, 4.69) is 15.6 Å². The SMILES string of the molecule is COc1ccccc1CNC(=O)c1cncc(Nc2ccc(F)cc2F)c1. The Balaban J connectivity index is 1.70. The van der Waals surface area contributed by atoms with Gasteiger partial charge in [0.05, 0.1) is 30.2 Å². The summed E-state index contributed by atoms with van der Waals surface area (Å²) in [6, 6.07) is 12.1. The van der Waals surface area contributed by atoms with Gasteiger partial charge >= 0.3 is 0 Å². The first kappa shape index (κ1) is 18.3. The van der Waals surface area contributed by atoms with Crippen LogP contribution in [-0.4, -0.2) is 18.0 Å². The number of anilines is 2. The standard InChI is InChI=1S/C20H17F2N3O2/c1-27-19-5-3-2-4-13(19)11-24-20(26)14-8-16(12-23-10-14)25-18-7-6-15(21)9-17(18)22/h2-10,12,25H,11H2,1H3,(H,24,26). The molecule has 0 aliphatic rings. The summed E-state index contributed by atoms with van der Waals surface area (Å²) >= 11 is 0. The van der Waals surface area contributed by atoms with Crippen LogP contribution in [0.15, 0.2) is 60.9 Å². The van der Waals surface area contributed by atoms with E-state index in [4.69, 9.17) is 4.74 Å². The number of aromatic nitrogens is 1. The van der Waals surface area contributed by atoms with Crippen LogP contribution in [0.4, 0.5) is 20.2 Å². The smallest absolute Gasteiger partial charge is 0.253 e. The summed E-state index contributed by atoms with van der Waals surface area (Å²) in [6.45, 7) is 0.285. The molecule has 2 aromatic carbocycles. The number of pyridine rings is 1.